The van der Waals surface area contributed by atoms with Crippen molar-refractivity contribution in [3.05, 3.63) is 41.6 Å². The fourth-order valence-corrected chi connectivity index (χ4v) is 3.73. The zero-order chi connectivity index (χ0) is 21.3. The van der Waals surface area contributed by atoms with Gasteiger partial charge < -0.3 is 15.1 Å². The Morgan fingerprint density at radius 1 is 1.27 bits per heavy atom. The van der Waals surface area contributed by atoms with Crippen molar-refractivity contribution in [1.29, 1.82) is 0 Å². The number of benzene rings is 1. The van der Waals surface area contributed by atoms with Gasteiger partial charge in [-0.1, -0.05) is 11.6 Å². The first-order chi connectivity index (χ1) is 14.4. The Morgan fingerprint density at radius 2 is 2.03 bits per heavy atom. The summed E-state index contributed by atoms with van der Waals surface area (Å²) in [5, 5.41) is 3.14. The van der Waals surface area contributed by atoms with E-state index in [-0.39, 0.29) is 17.0 Å². The first kappa shape index (κ1) is 20.2. The number of nitrogens with zero attached hydrogens (tertiary/aromatic N) is 6. The molecule has 1 aromatic carbocycles. The minimum atomic E-state index is -0.489. The maximum Gasteiger partial charge on any atom is 0.226 e. The van der Waals surface area contributed by atoms with Crippen molar-refractivity contribution in [1.82, 2.24) is 24.8 Å². The van der Waals surface area contributed by atoms with Gasteiger partial charge in [-0.15, -0.1) is 0 Å². The lowest BCUT2D eigenvalue weighted by atomic mass is 10.0. The average Bonchev–Trinajstić information content (AvgIpc) is 2.76. The van der Waals surface area contributed by atoms with E-state index in [0.29, 0.717) is 28.5 Å². The number of likely N-dealkylation sites (tertiary alicyclic amines) is 1. The lowest BCUT2D eigenvalue weighted by Gasteiger charge is -2.36. The maximum absolute atomic E-state index is 13.4. The second-order valence-electron chi connectivity index (χ2n) is 7.23. The van der Waals surface area contributed by atoms with Crippen LogP contribution in [0.25, 0.3) is 11.0 Å². The van der Waals surface area contributed by atoms with Gasteiger partial charge >= 0.3 is 0 Å². The van der Waals surface area contributed by atoms with E-state index >= 15 is 0 Å². The van der Waals surface area contributed by atoms with Gasteiger partial charge in [-0.25, -0.2) is 24.3 Å². The number of halogens is 2. The first-order valence-electron chi connectivity index (χ1n) is 9.60. The summed E-state index contributed by atoms with van der Waals surface area (Å²) in [5.74, 6) is 0.647. The molecule has 0 aliphatic carbocycles. The van der Waals surface area contributed by atoms with Crippen LogP contribution in [0.3, 0.4) is 0 Å². The lowest BCUT2D eigenvalue weighted by molar-refractivity contribution is -0.129. The molecule has 1 fully saturated rings. The number of carbonyl (C=O) groups is 1. The van der Waals surface area contributed by atoms with Gasteiger partial charge in [0.05, 0.1) is 11.2 Å². The molecule has 2 aromatic heterocycles. The van der Waals surface area contributed by atoms with Gasteiger partial charge in [-0.2, -0.15) is 0 Å². The molecule has 1 saturated heterocycles. The summed E-state index contributed by atoms with van der Waals surface area (Å²) in [6.45, 7) is 3.04. The number of amides is 1. The van der Waals surface area contributed by atoms with E-state index < -0.39 is 5.82 Å². The third kappa shape index (κ3) is 4.11. The molecular formula is C20H21ClFN7O. The molecule has 3 heterocycles. The Bertz CT molecular complexity index is 1090. The Hall–Kier alpha value is -3.07. The van der Waals surface area contributed by atoms with E-state index in [0.717, 1.165) is 25.9 Å². The van der Waals surface area contributed by atoms with E-state index in [1.165, 1.54) is 18.5 Å². The van der Waals surface area contributed by atoms with Crippen molar-refractivity contribution >= 4 is 46.0 Å². The molecule has 0 unspecified atom stereocenters. The van der Waals surface area contributed by atoms with Gasteiger partial charge in [0.15, 0.2) is 5.82 Å². The highest BCUT2D eigenvalue weighted by Gasteiger charge is 2.25. The van der Waals surface area contributed by atoms with E-state index in [9.17, 15) is 9.18 Å². The molecule has 1 amide bonds. The van der Waals surface area contributed by atoms with Gasteiger partial charge in [-0.3, -0.25) is 4.79 Å². The monoisotopic (exact) mass is 429 g/mol. The van der Waals surface area contributed by atoms with Crippen molar-refractivity contribution < 1.29 is 9.18 Å². The average molecular weight is 430 g/mol. The molecule has 30 heavy (non-hydrogen) atoms. The van der Waals surface area contributed by atoms with Crippen molar-refractivity contribution in [3.8, 4) is 0 Å². The zero-order valence-electron chi connectivity index (χ0n) is 16.6. The molecule has 3 aromatic rings. The molecule has 156 valence electrons. The highest BCUT2D eigenvalue weighted by atomic mass is 35.5. The van der Waals surface area contributed by atoms with Crippen LogP contribution in [-0.2, 0) is 4.79 Å². The minimum Gasteiger partial charge on any atom is -0.343 e. The molecule has 10 heteroatoms. The van der Waals surface area contributed by atoms with Crippen LogP contribution in [-0.4, -0.2) is 56.9 Å². The van der Waals surface area contributed by atoms with Crippen LogP contribution < -0.4 is 10.2 Å². The van der Waals surface area contributed by atoms with Crippen molar-refractivity contribution in [2.24, 2.45) is 0 Å². The number of fused-ring (bicyclic) bond motifs is 1. The van der Waals surface area contributed by atoms with Crippen LogP contribution in [0.4, 0.5) is 21.8 Å². The summed E-state index contributed by atoms with van der Waals surface area (Å²) in [6.07, 6.45) is 4.77. The summed E-state index contributed by atoms with van der Waals surface area (Å²) in [6, 6.07) is 4.58. The third-order valence-electron chi connectivity index (χ3n) is 5.32. The summed E-state index contributed by atoms with van der Waals surface area (Å²) in [5.41, 5.74) is 1.73. The molecular weight excluding hydrogens is 409 g/mol. The van der Waals surface area contributed by atoms with Gasteiger partial charge in [0.1, 0.15) is 23.2 Å². The van der Waals surface area contributed by atoms with Crippen LogP contribution in [0.15, 0.2) is 30.7 Å². The number of carbonyl (C=O) groups excluding carboxylic acids is 1. The van der Waals surface area contributed by atoms with Gasteiger partial charge in [0.2, 0.25) is 11.9 Å². The normalized spacial score (nSPS) is 14.7. The third-order valence-corrected chi connectivity index (χ3v) is 5.61. The van der Waals surface area contributed by atoms with Gasteiger partial charge in [-0.05, 0) is 31.0 Å². The predicted octanol–water partition coefficient (Wildman–Crippen LogP) is 3.40. The highest BCUT2D eigenvalue weighted by Crippen LogP contribution is 2.26. The van der Waals surface area contributed by atoms with Crippen LogP contribution in [0, 0.1) is 5.82 Å². The van der Waals surface area contributed by atoms with E-state index in [1.54, 1.807) is 19.2 Å². The second kappa shape index (κ2) is 8.35. The molecule has 0 saturated carbocycles. The summed E-state index contributed by atoms with van der Waals surface area (Å²) in [4.78, 5) is 33.1. The molecule has 1 aliphatic heterocycles. The topological polar surface area (TPSA) is 87.1 Å². The van der Waals surface area contributed by atoms with Crippen LogP contribution in [0.5, 0.6) is 0 Å². The molecule has 1 N–H and O–H groups in total. The number of hydrogen-bond acceptors (Lipinski definition) is 7. The van der Waals surface area contributed by atoms with Crippen molar-refractivity contribution in [2.75, 3.05) is 30.4 Å². The second-order valence-corrected chi connectivity index (χ2v) is 7.64. The fourth-order valence-electron chi connectivity index (χ4n) is 3.55. The van der Waals surface area contributed by atoms with Gasteiger partial charge in [0, 0.05) is 38.8 Å². The van der Waals surface area contributed by atoms with E-state index in [4.69, 9.17) is 11.6 Å². The SMILES string of the molecule is CC(=O)N1CCC(N(C)c2ncc3ncnc(Nc4ccc(F)c(Cl)c4)c3n2)CC1. The van der Waals surface area contributed by atoms with Gasteiger partial charge in [0.25, 0.3) is 0 Å². The smallest absolute Gasteiger partial charge is 0.226 e. The Morgan fingerprint density at radius 3 is 2.73 bits per heavy atom. The van der Waals surface area contributed by atoms with Crippen LogP contribution in [0.1, 0.15) is 19.8 Å². The molecule has 4 rings (SSSR count). The molecule has 0 bridgehead atoms. The summed E-state index contributed by atoms with van der Waals surface area (Å²) < 4.78 is 13.4. The van der Waals surface area contributed by atoms with Crippen molar-refractivity contribution in [2.45, 2.75) is 25.8 Å². The van der Waals surface area contributed by atoms with Crippen molar-refractivity contribution in [3.63, 3.8) is 0 Å². The lowest BCUT2D eigenvalue weighted by Crippen LogP contribution is -2.45. The molecule has 0 spiro atoms. The number of nitrogens with one attached hydrogen (secondary N) is 1. The number of rotatable bonds is 4. The van der Waals surface area contributed by atoms with Crippen LogP contribution >= 0.6 is 11.6 Å². The quantitative estimate of drug-likeness (QED) is 0.680. The summed E-state index contributed by atoms with van der Waals surface area (Å²) >= 11 is 5.88. The molecule has 8 nitrogen and oxygen atoms in total. The fraction of sp³-hybridized carbons (Fsp3) is 0.350. The van der Waals surface area contributed by atoms with E-state index in [1.807, 2.05) is 16.8 Å². The molecule has 1 aliphatic rings. The first-order valence-corrected chi connectivity index (χ1v) is 9.98. The zero-order valence-corrected chi connectivity index (χ0v) is 17.4. The Labute approximate surface area is 178 Å². The standard InChI is InChI=1S/C20H21ClFN7O/c1-12(30)29-7-5-14(6-8-29)28(2)20-23-10-17-18(27-20)19(25-11-24-17)26-13-3-4-16(22)15(21)9-13/h3-4,9-11,14H,5-8H2,1-2H3,(H,24,25,26). The number of piperidine rings is 1. The molecule has 0 radical (unpaired) electrons. The Kier molecular flexibility index (Phi) is 5.63. The number of hydrogen-bond donors (Lipinski definition) is 1. The largest absolute Gasteiger partial charge is 0.343 e. The van der Waals surface area contributed by atoms with Crippen LogP contribution in [0.2, 0.25) is 5.02 Å². The Balaban J connectivity index is 1.59. The molecule has 0 atom stereocenters. The minimum absolute atomic E-state index is 0.0188. The number of anilines is 3. The highest BCUT2D eigenvalue weighted by molar-refractivity contribution is 6.31. The summed E-state index contributed by atoms with van der Waals surface area (Å²) in [7, 11) is 1.95. The maximum atomic E-state index is 13.4. The predicted molar refractivity (Wildman–Crippen MR) is 113 cm³/mol. The van der Waals surface area contributed by atoms with E-state index in [2.05, 4.69) is 25.3 Å². The number of aromatic nitrogens is 4.